The highest BCUT2D eigenvalue weighted by molar-refractivity contribution is 5.80. The Labute approximate surface area is 97.3 Å². The van der Waals surface area contributed by atoms with Gasteiger partial charge in [-0.15, -0.1) is 6.58 Å². The number of rotatable bonds is 8. The number of carbonyl (C=O) groups excluding carboxylic acids is 2. The molecule has 0 aliphatic carbocycles. The van der Waals surface area contributed by atoms with Crippen molar-refractivity contribution >= 4 is 11.9 Å². The maximum Gasteiger partial charge on any atom is 0.325 e. The zero-order valence-electron chi connectivity index (χ0n) is 10.2. The second-order valence-electron chi connectivity index (χ2n) is 3.62. The molecule has 0 rings (SSSR count). The van der Waals surface area contributed by atoms with Gasteiger partial charge < -0.3 is 9.64 Å². The third-order valence-electron chi connectivity index (χ3n) is 2.13. The van der Waals surface area contributed by atoms with Crippen LogP contribution in [0.1, 0.15) is 33.1 Å². The third-order valence-corrected chi connectivity index (χ3v) is 2.13. The molecule has 0 aromatic carbocycles. The van der Waals surface area contributed by atoms with Gasteiger partial charge in [0.15, 0.2) is 0 Å². The van der Waals surface area contributed by atoms with Crippen molar-refractivity contribution in [1.29, 1.82) is 0 Å². The molecule has 0 aromatic rings. The van der Waals surface area contributed by atoms with E-state index in [9.17, 15) is 9.59 Å². The predicted octanol–water partition coefficient (Wildman–Crippen LogP) is 1.75. The van der Waals surface area contributed by atoms with E-state index in [2.05, 4.69) is 13.5 Å². The molecule has 0 N–H and O–H groups in total. The molecular formula is C12H21NO3. The normalized spacial score (nSPS) is 9.62. The molecule has 4 nitrogen and oxygen atoms in total. The highest BCUT2D eigenvalue weighted by atomic mass is 16.5. The van der Waals surface area contributed by atoms with Crippen LogP contribution in [-0.2, 0) is 14.3 Å². The molecule has 0 aliphatic rings. The van der Waals surface area contributed by atoms with Crippen molar-refractivity contribution in [2.75, 3.05) is 19.7 Å². The van der Waals surface area contributed by atoms with Gasteiger partial charge in [-0.1, -0.05) is 25.8 Å². The second-order valence-corrected chi connectivity index (χ2v) is 3.62. The van der Waals surface area contributed by atoms with E-state index in [0.29, 0.717) is 13.2 Å². The number of esters is 1. The van der Waals surface area contributed by atoms with E-state index in [-0.39, 0.29) is 18.4 Å². The quantitative estimate of drug-likeness (QED) is 0.360. The third kappa shape index (κ3) is 7.04. The molecule has 92 valence electrons. The Balaban J connectivity index is 3.81. The standard InChI is InChI=1S/C12H21NO3/c1-4-6-7-9-16-12(15)10-13(8-5-2)11(3)14/h5H,2,4,6-10H2,1,3H3. The number of hydrogen-bond donors (Lipinski definition) is 0. The van der Waals surface area contributed by atoms with Gasteiger partial charge in [-0.2, -0.15) is 0 Å². The first-order chi connectivity index (χ1) is 7.61. The van der Waals surface area contributed by atoms with Gasteiger partial charge in [-0.05, 0) is 6.42 Å². The molecule has 0 saturated heterocycles. The molecular weight excluding hydrogens is 206 g/mol. The number of nitrogens with zero attached hydrogens (tertiary/aromatic N) is 1. The molecule has 0 atom stereocenters. The van der Waals surface area contributed by atoms with E-state index < -0.39 is 0 Å². The first-order valence-corrected chi connectivity index (χ1v) is 5.63. The predicted molar refractivity (Wildman–Crippen MR) is 62.9 cm³/mol. The Morgan fingerprint density at radius 3 is 2.56 bits per heavy atom. The van der Waals surface area contributed by atoms with Crippen molar-refractivity contribution in [2.45, 2.75) is 33.1 Å². The zero-order chi connectivity index (χ0) is 12.4. The number of carbonyl (C=O) groups is 2. The van der Waals surface area contributed by atoms with E-state index in [0.717, 1.165) is 19.3 Å². The van der Waals surface area contributed by atoms with Gasteiger partial charge in [0, 0.05) is 13.5 Å². The van der Waals surface area contributed by atoms with Crippen LogP contribution in [0.2, 0.25) is 0 Å². The van der Waals surface area contributed by atoms with Crippen LogP contribution in [0.25, 0.3) is 0 Å². The van der Waals surface area contributed by atoms with E-state index in [1.54, 1.807) is 6.08 Å². The summed E-state index contributed by atoms with van der Waals surface area (Å²) in [5, 5.41) is 0. The lowest BCUT2D eigenvalue weighted by atomic mass is 10.3. The average Bonchev–Trinajstić information content (AvgIpc) is 2.23. The topological polar surface area (TPSA) is 46.6 Å². The molecule has 0 fully saturated rings. The minimum absolute atomic E-state index is 0.00742. The highest BCUT2D eigenvalue weighted by Crippen LogP contribution is 1.96. The largest absolute Gasteiger partial charge is 0.464 e. The summed E-state index contributed by atoms with van der Waals surface area (Å²) in [4.78, 5) is 23.9. The smallest absolute Gasteiger partial charge is 0.325 e. The van der Waals surface area contributed by atoms with Gasteiger partial charge in [-0.25, -0.2) is 0 Å². The maximum atomic E-state index is 11.3. The molecule has 0 heterocycles. The van der Waals surface area contributed by atoms with Gasteiger partial charge in [-0.3, -0.25) is 9.59 Å². The van der Waals surface area contributed by atoms with Crippen LogP contribution in [-0.4, -0.2) is 36.5 Å². The molecule has 0 spiro atoms. The first-order valence-electron chi connectivity index (χ1n) is 5.63. The Morgan fingerprint density at radius 1 is 1.38 bits per heavy atom. The summed E-state index contributed by atoms with van der Waals surface area (Å²) in [5.74, 6) is -0.501. The number of hydrogen-bond acceptors (Lipinski definition) is 3. The molecule has 0 aromatic heterocycles. The summed E-state index contributed by atoms with van der Waals surface area (Å²) in [6.45, 7) is 7.86. The number of amides is 1. The fourth-order valence-electron chi connectivity index (χ4n) is 1.20. The Hall–Kier alpha value is -1.32. The molecule has 1 amide bonds. The van der Waals surface area contributed by atoms with Crippen LogP contribution >= 0.6 is 0 Å². The highest BCUT2D eigenvalue weighted by Gasteiger charge is 2.12. The Bertz CT molecular complexity index is 238. The SMILES string of the molecule is C=CCN(CC(=O)OCCCCC)C(C)=O. The monoisotopic (exact) mass is 227 g/mol. The zero-order valence-corrected chi connectivity index (χ0v) is 10.2. The van der Waals surface area contributed by atoms with E-state index >= 15 is 0 Å². The molecule has 0 unspecified atom stereocenters. The van der Waals surface area contributed by atoms with Crippen LogP contribution in [0.4, 0.5) is 0 Å². The van der Waals surface area contributed by atoms with Crippen molar-refractivity contribution in [2.24, 2.45) is 0 Å². The van der Waals surface area contributed by atoms with Crippen molar-refractivity contribution < 1.29 is 14.3 Å². The molecule has 4 heteroatoms. The summed E-state index contributed by atoms with van der Waals surface area (Å²) in [6, 6.07) is 0. The number of ether oxygens (including phenoxy) is 1. The van der Waals surface area contributed by atoms with E-state index in [4.69, 9.17) is 4.74 Å². The average molecular weight is 227 g/mol. The Kier molecular flexibility index (Phi) is 8.21. The summed E-state index contributed by atoms with van der Waals surface area (Å²) in [7, 11) is 0. The molecule has 0 radical (unpaired) electrons. The summed E-state index contributed by atoms with van der Waals surface area (Å²) < 4.78 is 5.00. The van der Waals surface area contributed by atoms with Crippen LogP contribution in [0, 0.1) is 0 Å². The van der Waals surface area contributed by atoms with Crippen molar-refractivity contribution in [1.82, 2.24) is 4.90 Å². The van der Waals surface area contributed by atoms with E-state index in [1.807, 2.05) is 0 Å². The Morgan fingerprint density at radius 2 is 2.06 bits per heavy atom. The van der Waals surface area contributed by atoms with Crippen LogP contribution < -0.4 is 0 Å². The maximum absolute atomic E-state index is 11.3. The lowest BCUT2D eigenvalue weighted by molar-refractivity contribution is -0.148. The van der Waals surface area contributed by atoms with Crippen molar-refractivity contribution in [3.05, 3.63) is 12.7 Å². The number of unbranched alkanes of at least 4 members (excludes halogenated alkanes) is 2. The van der Waals surface area contributed by atoms with Crippen LogP contribution in [0.3, 0.4) is 0 Å². The van der Waals surface area contributed by atoms with Gasteiger partial charge >= 0.3 is 5.97 Å². The summed E-state index contributed by atoms with van der Waals surface area (Å²) in [5.41, 5.74) is 0. The second kappa shape index (κ2) is 8.95. The van der Waals surface area contributed by atoms with Gasteiger partial charge in [0.25, 0.3) is 0 Å². The fraction of sp³-hybridized carbons (Fsp3) is 0.667. The molecule has 0 saturated carbocycles. The first kappa shape index (κ1) is 14.7. The van der Waals surface area contributed by atoms with Gasteiger partial charge in [0.2, 0.25) is 5.91 Å². The van der Waals surface area contributed by atoms with Gasteiger partial charge in [0.1, 0.15) is 6.54 Å². The minimum atomic E-state index is -0.354. The van der Waals surface area contributed by atoms with Crippen molar-refractivity contribution in [3.63, 3.8) is 0 Å². The van der Waals surface area contributed by atoms with Crippen molar-refractivity contribution in [3.8, 4) is 0 Å². The summed E-state index contributed by atoms with van der Waals surface area (Å²) in [6.07, 6.45) is 4.61. The molecule has 0 bridgehead atoms. The molecule has 16 heavy (non-hydrogen) atoms. The fourth-order valence-corrected chi connectivity index (χ4v) is 1.20. The van der Waals surface area contributed by atoms with E-state index in [1.165, 1.54) is 11.8 Å². The van der Waals surface area contributed by atoms with Gasteiger partial charge in [0.05, 0.1) is 6.61 Å². The molecule has 0 aliphatic heterocycles. The minimum Gasteiger partial charge on any atom is -0.464 e. The lowest BCUT2D eigenvalue weighted by Gasteiger charge is -2.17. The summed E-state index contributed by atoms with van der Waals surface area (Å²) >= 11 is 0. The van der Waals surface area contributed by atoms with Crippen LogP contribution in [0.15, 0.2) is 12.7 Å². The lowest BCUT2D eigenvalue weighted by Crippen LogP contribution is -2.35. The van der Waals surface area contributed by atoms with Crippen LogP contribution in [0.5, 0.6) is 0 Å².